The average molecular weight is 473 g/mol. The van der Waals surface area contributed by atoms with Crippen LogP contribution in [0, 0.1) is 0 Å². The second kappa shape index (κ2) is 9.92. The summed E-state index contributed by atoms with van der Waals surface area (Å²) < 4.78 is 6.49. The van der Waals surface area contributed by atoms with Gasteiger partial charge in [-0.15, -0.1) is 11.3 Å². The molecule has 1 saturated carbocycles. The SMILES string of the molecule is CCOC(=O)c1sccc1NC(=O)CSc1cc(-n2ccc(C(=O)NC3CC3)n2)ncn1. The standard InChI is InChI=1S/C20H20N6O4S2/c1-2-30-20(29)18-13(6-8-31-18)24-16(27)10-32-17-9-15(21-11-22-17)26-7-5-14(25-26)19(28)23-12-3-4-12/h5-9,11-12H,2-4,10H2,1H3,(H,23,28)(H,24,27). The quantitative estimate of drug-likeness (QED) is 0.276. The summed E-state index contributed by atoms with van der Waals surface area (Å²) in [7, 11) is 0. The number of carbonyl (C=O) groups is 3. The summed E-state index contributed by atoms with van der Waals surface area (Å²) in [5.41, 5.74) is 0.744. The topological polar surface area (TPSA) is 128 Å². The van der Waals surface area contributed by atoms with Crippen LogP contribution in [-0.2, 0) is 9.53 Å². The summed E-state index contributed by atoms with van der Waals surface area (Å²) in [4.78, 5) is 45.1. The summed E-state index contributed by atoms with van der Waals surface area (Å²) >= 11 is 2.43. The smallest absolute Gasteiger partial charge is 0.350 e. The monoisotopic (exact) mass is 472 g/mol. The van der Waals surface area contributed by atoms with Gasteiger partial charge in [-0.25, -0.2) is 19.4 Å². The van der Waals surface area contributed by atoms with Gasteiger partial charge in [-0.2, -0.15) is 5.10 Å². The first-order valence-corrected chi connectivity index (χ1v) is 11.8. The molecule has 0 aliphatic heterocycles. The Morgan fingerprint density at radius 1 is 1.28 bits per heavy atom. The zero-order valence-corrected chi connectivity index (χ0v) is 18.7. The normalized spacial score (nSPS) is 12.9. The van der Waals surface area contributed by atoms with Crippen molar-refractivity contribution in [2.45, 2.75) is 30.8 Å². The van der Waals surface area contributed by atoms with Crippen molar-refractivity contribution >= 4 is 46.6 Å². The molecular formula is C20H20N6O4S2. The van der Waals surface area contributed by atoms with E-state index in [4.69, 9.17) is 4.74 Å². The lowest BCUT2D eigenvalue weighted by molar-refractivity contribution is -0.113. The van der Waals surface area contributed by atoms with Crippen molar-refractivity contribution in [2.24, 2.45) is 0 Å². The number of ether oxygens (including phenoxy) is 1. The number of rotatable bonds is 9. The first-order chi connectivity index (χ1) is 15.5. The molecule has 1 aliphatic rings. The van der Waals surface area contributed by atoms with Crippen LogP contribution in [0.2, 0.25) is 0 Å². The van der Waals surface area contributed by atoms with Gasteiger partial charge in [0.05, 0.1) is 18.0 Å². The molecule has 0 saturated heterocycles. The molecular weight excluding hydrogens is 452 g/mol. The number of esters is 1. The van der Waals surface area contributed by atoms with Crippen molar-refractivity contribution in [3.63, 3.8) is 0 Å². The Morgan fingerprint density at radius 3 is 2.91 bits per heavy atom. The fourth-order valence-corrected chi connectivity index (χ4v) is 4.08. The van der Waals surface area contributed by atoms with E-state index in [0.717, 1.165) is 12.8 Å². The second-order valence-electron chi connectivity index (χ2n) is 6.83. The summed E-state index contributed by atoms with van der Waals surface area (Å²) in [6.07, 6.45) is 5.03. The highest BCUT2D eigenvalue weighted by Gasteiger charge is 2.24. The third-order valence-electron chi connectivity index (χ3n) is 4.35. The molecule has 0 aromatic carbocycles. The van der Waals surface area contributed by atoms with Crippen molar-refractivity contribution in [3.8, 4) is 5.82 Å². The third-order valence-corrected chi connectivity index (χ3v) is 6.17. The van der Waals surface area contributed by atoms with Crippen LogP contribution in [0.1, 0.15) is 39.9 Å². The molecule has 3 aromatic rings. The maximum Gasteiger partial charge on any atom is 0.350 e. The fourth-order valence-electron chi connectivity index (χ4n) is 2.68. The Balaban J connectivity index is 1.35. The number of nitrogens with one attached hydrogen (secondary N) is 2. The van der Waals surface area contributed by atoms with E-state index in [-0.39, 0.29) is 30.2 Å². The van der Waals surface area contributed by atoms with Gasteiger partial charge < -0.3 is 15.4 Å². The molecule has 10 nitrogen and oxygen atoms in total. The van der Waals surface area contributed by atoms with Crippen LogP contribution in [0.15, 0.2) is 41.1 Å². The number of anilines is 1. The molecule has 12 heteroatoms. The predicted octanol–water partition coefficient (Wildman–Crippen LogP) is 2.52. The summed E-state index contributed by atoms with van der Waals surface area (Å²) in [5.74, 6) is -0.381. The first-order valence-electron chi connectivity index (χ1n) is 9.89. The Hall–Kier alpha value is -3.25. The molecule has 0 spiro atoms. The largest absolute Gasteiger partial charge is 0.462 e. The second-order valence-corrected chi connectivity index (χ2v) is 8.74. The molecule has 32 heavy (non-hydrogen) atoms. The third kappa shape index (κ3) is 5.51. The molecule has 0 unspecified atom stereocenters. The van der Waals surface area contributed by atoms with Gasteiger partial charge in [-0.3, -0.25) is 9.59 Å². The number of aromatic nitrogens is 4. The fraction of sp³-hybridized carbons (Fsp3) is 0.300. The van der Waals surface area contributed by atoms with Gasteiger partial charge in [0.2, 0.25) is 5.91 Å². The number of carbonyl (C=O) groups excluding carboxylic acids is 3. The van der Waals surface area contributed by atoms with Gasteiger partial charge in [-0.05, 0) is 37.3 Å². The summed E-state index contributed by atoms with van der Waals surface area (Å²) in [6, 6.07) is 5.23. The van der Waals surface area contributed by atoms with Crippen molar-refractivity contribution in [3.05, 3.63) is 46.7 Å². The molecule has 2 N–H and O–H groups in total. The molecule has 0 atom stereocenters. The van der Waals surface area contributed by atoms with Gasteiger partial charge in [-0.1, -0.05) is 11.8 Å². The van der Waals surface area contributed by atoms with E-state index >= 15 is 0 Å². The minimum Gasteiger partial charge on any atom is -0.462 e. The Kier molecular flexibility index (Phi) is 6.81. The number of thioether (sulfide) groups is 1. The van der Waals surface area contributed by atoms with Crippen LogP contribution in [0.3, 0.4) is 0 Å². The number of hydrogen-bond acceptors (Lipinski definition) is 9. The highest BCUT2D eigenvalue weighted by atomic mass is 32.2. The maximum absolute atomic E-state index is 12.4. The van der Waals surface area contributed by atoms with Crippen LogP contribution in [0.4, 0.5) is 5.69 Å². The average Bonchev–Trinajstić information content (AvgIpc) is 3.26. The minimum atomic E-state index is -0.463. The van der Waals surface area contributed by atoms with Crippen molar-refractivity contribution in [2.75, 3.05) is 17.7 Å². The molecule has 0 bridgehead atoms. The molecule has 1 aliphatic carbocycles. The van der Waals surface area contributed by atoms with Crippen LogP contribution < -0.4 is 10.6 Å². The van der Waals surface area contributed by atoms with Gasteiger partial charge in [0.15, 0.2) is 11.5 Å². The van der Waals surface area contributed by atoms with Crippen molar-refractivity contribution in [1.82, 2.24) is 25.1 Å². The van der Waals surface area contributed by atoms with E-state index in [0.29, 0.717) is 27.1 Å². The van der Waals surface area contributed by atoms with Crippen LogP contribution >= 0.6 is 23.1 Å². The van der Waals surface area contributed by atoms with E-state index in [9.17, 15) is 14.4 Å². The molecule has 1 fully saturated rings. The van der Waals surface area contributed by atoms with E-state index in [1.807, 2.05) is 0 Å². The van der Waals surface area contributed by atoms with E-state index < -0.39 is 5.97 Å². The number of nitrogens with zero attached hydrogens (tertiary/aromatic N) is 4. The molecule has 3 heterocycles. The van der Waals surface area contributed by atoms with Gasteiger partial charge >= 0.3 is 5.97 Å². The zero-order valence-electron chi connectivity index (χ0n) is 17.1. The van der Waals surface area contributed by atoms with Crippen LogP contribution in [-0.4, -0.2) is 55.9 Å². The highest BCUT2D eigenvalue weighted by molar-refractivity contribution is 7.99. The molecule has 3 aromatic heterocycles. The van der Waals surface area contributed by atoms with Crippen molar-refractivity contribution < 1.29 is 19.1 Å². The van der Waals surface area contributed by atoms with Gasteiger partial charge in [0.25, 0.3) is 5.91 Å². The van der Waals surface area contributed by atoms with E-state index in [1.54, 1.807) is 36.7 Å². The first kappa shape index (κ1) is 22.0. The number of hydrogen-bond donors (Lipinski definition) is 2. The molecule has 2 amide bonds. The van der Waals surface area contributed by atoms with E-state index in [1.165, 1.54) is 34.1 Å². The van der Waals surface area contributed by atoms with Crippen LogP contribution in [0.25, 0.3) is 5.82 Å². The lowest BCUT2D eigenvalue weighted by Gasteiger charge is -2.07. The lowest BCUT2D eigenvalue weighted by Crippen LogP contribution is -2.25. The maximum atomic E-state index is 12.4. The van der Waals surface area contributed by atoms with Gasteiger partial charge in [0.1, 0.15) is 16.2 Å². The molecule has 0 radical (unpaired) electrons. The molecule has 166 valence electrons. The van der Waals surface area contributed by atoms with Crippen molar-refractivity contribution in [1.29, 1.82) is 0 Å². The number of amides is 2. The Morgan fingerprint density at radius 2 is 2.12 bits per heavy atom. The minimum absolute atomic E-state index is 0.0860. The number of thiophene rings is 1. The van der Waals surface area contributed by atoms with Crippen LogP contribution in [0.5, 0.6) is 0 Å². The Bertz CT molecular complexity index is 1140. The van der Waals surface area contributed by atoms with E-state index in [2.05, 4.69) is 25.7 Å². The summed E-state index contributed by atoms with van der Waals surface area (Å²) in [5, 5.41) is 12.2. The predicted molar refractivity (Wildman–Crippen MR) is 119 cm³/mol. The summed E-state index contributed by atoms with van der Waals surface area (Å²) in [6.45, 7) is 1.99. The molecule has 4 rings (SSSR count). The lowest BCUT2D eigenvalue weighted by atomic mass is 10.4. The van der Waals surface area contributed by atoms with Gasteiger partial charge in [0, 0.05) is 18.3 Å². The highest BCUT2D eigenvalue weighted by Crippen LogP contribution is 2.24. The zero-order chi connectivity index (χ0) is 22.5. The Labute approximate surface area is 191 Å².